The molecule has 0 aromatic heterocycles. The van der Waals surface area contributed by atoms with Gasteiger partial charge in [0.25, 0.3) is 11.8 Å². The predicted molar refractivity (Wildman–Crippen MR) is 134 cm³/mol. The third-order valence-corrected chi connectivity index (χ3v) is 6.05. The zero-order chi connectivity index (χ0) is 26.0. The number of ether oxygens (including phenoxy) is 2. The van der Waals surface area contributed by atoms with Crippen molar-refractivity contribution < 1.29 is 28.7 Å². The SMILES string of the molecule is COc1ccc(OC)c(N2C(=O)CC(N(NC(=O)c3cccc4ccccc34)C(=O)C(C)C)C2=O)c1. The van der Waals surface area contributed by atoms with E-state index in [1.807, 2.05) is 24.3 Å². The highest BCUT2D eigenvalue weighted by Gasteiger charge is 2.46. The molecule has 3 aromatic rings. The van der Waals surface area contributed by atoms with E-state index >= 15 is 0 Å². The smallest absolute Gasteiger partial charge is 0.270 e. The maximum absolute atomic E-state index is 13.5. The fourth-order valence-electron chi connectivity index (χ4n) is 4.20. The van der Waals surface area contributed by atoms with Gasteiger partial charge in [-0.25, -0.2) is 9.91 Å². The number of hydrogen-bond acceptors (Lipinski definition) is 6. The number of benzene rings is 3. The molecule has 0 bridgehead atoms. The van der Waals surface area contributed by atoms with Crippen LogP contribution in [0.25, 0.3) is 10.8 Å². The molecule has 1 aliphatic rings. The summed E-state index contributed by atoms with van der Waals surface area (Å²) >= 11 is 0. The van der Waals surface area contributed by atoms with Gasteiger partial charge in [0, 0.05) is 17.5 Å². The number of carbonyl (C=O) groups excluding carboxylic acids is 4. The number of hydrogen-bond donors (Lipinski definition) is 1. The molecule has 0 spiro atoms. The standard InChI is InChI=1S/C27H27N3O6/c1-16(2)26(33)30(28-25(32)20-11-7-9-17-8-5-6-10-19(17)20)22-15-24(31)29(27(22)34)21-14-18(35-3)12-13-23(21)36-4/h5-14,16,22H,15H2,1-4H3,(H,28,32). The maximum atomic E-state index is 13.5. The fraction of sp³-hybridized carbons (Fsp3) is 0.259. The van der Waals surface area contributed by atoms with Crippen LogP contribution in [0, 0.1) is 5.92 Å². The Morgan fingerprint density at radius 2 is 1.72 bits per heavy atom. The van der Waals surface area contributed by atoms with Crippen LogP contribution < -0.4 is 19.8 Å². The van der Waals surface area contributed by atoms with Crippen LogP contribution in [0.5, 0.6) is 11.5 Å². The first-order valence-corrected chi connectivity index (χ1v) is 11.5. The van der Waals surface area contributed by atoms with Crippen LogP contribution in [0.4, 0.5) is 5.69 Å². The summed E-state index contributed by atoms with van der Waals surface area (Å²) in [6, 6.07) is 16.1. The Hall–Kier alpha value is -4.40. The van der Waals surface area contributed by atoms with Gasteiger partial charge in [0.1, 0.15) is 17.5 Å². The number of rotatable bonds is 6. The highest BCUT2D eigenvalue weighted by molar-refractivity contribution is 6.24. The number of amides is 4. The van der Waals surface area contributed by atoms with Crippen molar-refractivity contribution in [1.29, 1.82) is 0 Å². The molecule has 1 atom stereocenters. The average molecular weight is 490 g/mol. The van der Waals surface area contributed by atoms with Crippen molar-refractivity contribution in [2.75, 3.05) is 19.1 Å². The van der Waals surface area contributed by atoms with E-state index < -0.39 is 35.6 Å². The number of hydrazine groups is 1. The van der Waals surface area contributed by atoms with Crippen LogP contribution in [-0.2, 0) is 14.4 Å². The van der Waals surface area contributed by atoms with Crippen LogP contribution in [0.3, 0.4) is 0 Å². The van der Waals surface area contributed by atoms with Crippen molar-refractivity contribution in [3.8, 4) is 11.5 Å². The van der Waals surface area contributed by atoms with Crippen molar-refractivity contribution in [3.63, 3.8) is 0 Å². The zero-order valence-electron chi connectivity index (χ0n) is 20.5. The van der Waals surface area contributed by atoms with E-state index in [1.165, 1.54) is 20.3 Å². The van der Waals surface area contributed by atoms with E-state index in [-0.39, 0.29) is 12.1 Å². The molecule has 0 aliphatic carbocycles. The highest BCUT2D eigenvalue weighted by Crippen LogP contribution is 2.36. The molecule has 4 amide bonds. The highest BCUT2D eigenvalue weighted by atomic mass is 16.5. The number of anilines is 1. The quantitative estimate of drug-likeness (QED) is 0.421. The zero-order valence-corrected chi connectivity index (χ0v) is 20.5. The van der Waals surface area contributed by atoms with E-state index in [1.54, 1.807) is 44.2 Å². The molecule has 9 nitrogen and oxygen atoms in total. The van der Waals surface area contributed by atoms with Crippen molar-refractivity contribution in [3.05, 3.63) is 66.2 Å². The Bertz CT molecular complexity index is 1350. The lowest BCUT2D eigenvalue weighted by Crippen LogP contribution is -2.56. The average Bonchev–Trinajstić information content (AvgIpc) is 3.18. The minimum Gasteiger partial charge on any atom is -0.497 e. The summed E-state index contributed by atoms with van der Waals surface area (Å²) in [6.07, 6.45) is -0.298. The minimum atomic E-state index is -1.22. The third kappa shape index (κ3) is 4.47. The molecule has 4 rings (SSSR count). The number of imide groups is 1. The molecular formula is C27H27N3O6. The summed E-state index contributed by atoms with van der Waals surface area (Å²) in [5.74, 6) is -2.06. The number of carbonyl (C=O) groups is 4. The first kappa shape index (κ1) is 24.7. The summed E-state index contributed by atoms with van der Waals surface area (Å²) in [7, 11) is 2.89. The molecule has 186 valence electrons. The molecule has 1 N–H and O–H groups in total. The number of fused-ring (bicyclic) bond motifs is 1. The van der Waals surface area contributed by atoms with Gasteiger partial charge in [-0.3, -0.25) is 24.6 Å². The molecule has 1 heterocycles. The first-order valence-electron chi connectivity index (χ1n) is 11.5. The number of nitrogens with zero attached hydrogens (tertiary/aromatic N) is 2. The van der Waals surface area contributed by atoms with E-state index in [2.05, 4.69) is 5.43 Å². The minimum absolute atomic E-state index is 0.201. The van der Waals surface area contributed by atoms with Gasteiger partial charge in [0.15, 0.2) is 0 Å². The summed E-state index contributed by atoms with van der Waals surface area (Å²) in [4.78, 5) is 54.1. The lowest BCUT2D eigenvalue weighted by molar-refractivity contribution is -0.143. The molecule has 1 saturated heterocycles. The van der Waals surface area contributed by atoms with E-state index in [9.17, 15) is 19.2 Å². The number of methoxy groups -OCH3 is 2. The second-order valence-electron chi connectivity index (χ2n) is 8.66. The lowest BCUT2D eigenvalue weighted by Gasteiger charge is -2.29. The van der Waals surface area contributed by atoms with Crippen molar-refractivity contribution >= 4 is 40.1 Å². The lowest BCUT2D eigenvalue weighted by atomic mass is 10.0. The summed E-state index contributed by atoms with van der Waals surface area (Å²) in [5, 5.41) is 2.54. The van der Waals surface area contributed by atoms with Crippen LogP contribution in [-0.4, -0.2) is 48.9 Å². The van der Waals surface area contributed by atoms with Gasteiger partial charge >= 0.3 is 0 Å². The summed E-state index contributed by atoms with van der Waals surface area (Å²) in [5.41, 5.74) is 3.16. The molecule has 1 fully saturated rings. The van der Waals surface area contributed by atoms with Crippen LogP contribution >= 0.6 is 0 Å². The predicted octanol–water partition coefficient (Wildman–Crippen LogP) is 3.32. The Morgan fingerprint density at radius 1 is 1.00 bits per heavy atom. The number of nitrogens with one attached hydrogen (secondary N) is 1. The van der Waals surface area contributed by atoms with Crippen LogP contribution in [0.15, 0.2) is 60.7 Å². The summed E-state index contributed by atoms with van der Waals surface area (Å²) in [6.45, 7) is 3.31. The Kier molecular flexibility index (Phi) is 6.91. The van der Waals surface area contributed by atoms with E-state index in [4.69, 9.17) is 9.47 Å². The maximum Gasteiger partial charge on any atom is 0.270 e. The van der Waals surface area contributed by atoms with Crippen LogP contribution in [0.2, 0.25) is 0 Å². The fourth-order valence-corrected chi connectivity index (χ4v) is 4.20. The van der Waals surface area contributed by atoms with Gasteiger partial charge in [0.2, 0.25) is 11.8 Å². The largest absolute Gasteiger partial charge is 0.497 e. The molecule has 1 unspecified atom stereocenters. The normalized spacial score (nSPS) is 15.4. The third-order valence-electron chi connectivity index (χ3n) is 6.05. The molecule has 0 saturated carbocycles. The van der Waals surface area contributed by atoms with Crippen molar-refractivity contribution in [2.45, 2.75) is 26.3 Å². The molecule has 0 radical (unpaired) electrons. The van der Waals surface area contributed by atoms with Gasteiger partial charge in [0.05, 0.1) is 26.3 Å². The van der Waals surface area contributed by atoms with Gasteiger partial charge in [-0.05, 0) is 29.0 Å². The van der Waals surface area contributed by atoms with Gasteiger partial charge in [-0.1, -0.05) is 50.2 Å². The van der Waals surface area contributed by atoms with Gasteiger partial charge in [-0.2, -0.15) is 0 Å². The van der Waals surface area contributed by atoms with Crippen molar-refractivity contribution in [1.82, 2.24) is 10.4 Å². The molecule has 9 heteroatoms. The monoisotopic (exact) mass is 489 g/mol. The second kappa shape index (κ2) is 10.1. The summed E-state index contributed by atoms with van der Waals surface area (Å²) < 4.78 is 10.6. The van der Waals surface area contributed by atoms with Gasteiger partial charge < -0.3 is 9.47 Å². The molecule has 3 aromatic carbocycles. The molecular weight excluding hydrogens is 462 g/mol. The topological polar surface area (TPSA) is 105 Å². The Morgan fingerprint density at radius 3 is 2.42 bits per heavy atom. The van der Waals surface area contributed by atoms with Gasteiger partial charge in [-0.15, -0.1) is 0 Å². The van der Waals surface area contributed by atoms with E-state index in [0.717, 1.165) is 15.3 Å². The molecule has 36 heavy (non-hydrogen) atoms. The van der Waals surface area contributed by atoms with E-state index in [0.29, 0.717) is 22.4 Å². The Labute approximate surface area is 208 Å². The second-order valence-corrected chi connectivity index (χ2v) is 8.66. The Balaban J connectivity index is 1.69. The van der Waals surface area contributed by atoms with Crippen molar-refractivity contribution in [2.24, 2.45) is 5.92 Å². The first-order chi connectivity index (χ1) is 17.3. The van der Waals surface area contributed by atoms with Crippen LogP contribution in [0.1, 0.15) is 30.6 Å². The molecule has 1 aliphatic heterocycles.